The molecule has 0 amide bonds. The third-order valence-corrected chi connectivity index (χ3v) is 2.19. The van der Waals surface area contributed by atoms with Crippen molar-refractivity contribution in [2.24, 2.45) is 5.73 Å². The zero-order valence-corrected chi connectivity index (χ0v) is 8.37. The molecule has 2 rings (SSSR count). The predicted octanol–water partition coefficient (Wildman–Crippen LogP) is 0.723. The maximum absolute atomic E-state index is 9.30. The zero-order valence-electron chi connectivity index (χ0n) is 8.37. The van der Waals surface area contributed by atoms with Gasteiger partial charge in [-0.1, -0.05) is 11.2 Å². The van der Waals surface area contributed by atoms with Crippen molar-refractivity contribution in [1.29, 1.82) is 0 Å². The summed E-state index contributed by atoms with van der Waals surface area (Å²) < 4.78 is 4.82. The highest BCUT2D eigenvalue weighted by Gasteiger charge is 2.13. The van der Waals surface area contributed by atoms with Gasteiger partial charge < -0.3 is 20.5 Å². The Balaban J connectivity index is 2.12. The summed E-state index contributed by atoms with van der Waals surface area (Å²) in [6, 6.07) is 4.11. The van der Waals surface area contributed by atoms with E-state index < -0.39 is 6.04 Å². The van der Waals surface area contributed by atoms with Crippen LogP contribution in [0.15, 0.2) is 29.0 Å². The van der Waals surface area contributed by atoms with Crippen molar-refractivity contribution in [2.45, 2.75) is 12.5 Å². The summed E-state index contributed by atoms with van der Waals surface area (Å²) in [7, 11) is 0. The van der Waals surface area contributed by atoms with Crippen molar-refractivity contribution in [3.05, 3.63) is 36.0 Å². The van der Waals surface area contributed by atoms with Crippen LogP contribution in [0, 0.1) is 0 Å². The van der Waals surface area contributed by atoms with Crippen LogP contribution in [0.2, 0.25) is 0 Å². The van der Waals surface area contributed by atoms with Crippen LogP contribution in [-0.2, 0) is 6.42 Å². The van der Waals surface area contributed by atoms with Gasteiger partial charge in [0.2, 0.25) is 5.89 Å². The highest BCUT2D eigenvalue weighted by molar-refractivity contribution is 5.40. The van der Waals surface area contributed by atoms with E-state index >= 15 is 0 Å². The van der Waals surface area contributed by atoms with Crippen molar-refractivity contribution in [3.63, 3.8) is 0 Å². The summed E-state index contributed by atoms with van der Waals surface area (Å²) >= 11 is 0. The molecule has 84 valence electrons. The number of rotatable bonds is 3. The van der Waals surface area contributed by atoms with Gasteiger partial charge in [-0.05, 0) is 24.1 Å². The Morgan fingerprint density at radius 3 is 2.75 bits per heavy atom. The van der Waals surface area contributed by atoms with E-state index in [1.165, 1.54) is 18.5 Å². The van der Waals surface area contributed by atoms with Crippen molar-refractivity contribution in [3.8, 4) is 11.5 Å². The Labute approximate surface area is 91.3 Å². The maximum Gasteiger partial charge on any atom is 0.243 e. The summed E-state index contributed by atoms with van der Waals surface area (Å²) in [5, 5.41) is 21.9. The minimum atomic E-state index is -0.425. The molecule has 6 heteroatoms. The van der Waals surface area contributed by atoms with E-state index in [-0.39, 0.29) is 11.5 Å². The number of hydrogen-bond donors (Lipinski definition) is 3. The largest absolute Gasteiger partial charge is 0.504 e. The molecule has 6 nitrogen and oxygen atoms in total. The fourth-order valence-electron chi connectivity index (χ4n) is 1.38. The number of aromatic nitrogens is 2. The minimum absolute atomic E-state index is 0.157. The van der Waals surface area contributed by atoms with Crippen molar-refractivity contribution >= 4 is 0 Å². The number of nitrogens with two attached hydrogens (primary N) is 1. The second kappa shape index (κ2) is 4.19. The molecular formula is C10H11N3O3. The second-order valence-corrected chi connectivity index (χ2v) is 3.41. The van der Waals surface area contributed by atoms with Crippen LogP contribution in [0.4, 0.5) is 0 Å². The van der Waals surface area contributed by atoms with Gasteiger partial charge in [0.25, 0.3) is 0 Å². The molecule has 0 bridgehead atoms. The van der Waals surface area contributed by atoms with E-state index in [0.717, 1.165) is 5.56 Å². The first kappa shape index (κ1) is 10.4. The lowest BCUT2D eigenvalue weighted by Gasteiger charge is -2.07. The topological polar surface area (TPSA) is 105 Å². The van der Waals surface area contributed by atoms with E-state index in [0.29, 0.717) is 12.3 Å². The van der Waals surface area contributed by atoms with E-state index in [2.05, 4.69) is 10.1 Å². The van der Waals surface area contributed by atoms with Gasteiger partial charge in [-0.15, -0.1) is 0 Å². The Morgan fingerprint density at radius 1 is 1.31 bits per heavy atom. The molecule has 1 atom stereocenters. The number of nitrogens with zero attached hydrogens (tertiary/aromatic N) is 2. The lowest BCUT2D eigenvalue weighted by Crippen LogP contribution is -2.13. The lowest BCUT2D eigenvalue weighted by molar-refractivity contribution is 0.353. The van der Waals surface area contributed by atoms with Crippen LogP contribution in [0.5, 0.6) is 11.5 Å². The summed E-state index contributed by atoms with van der Waals surface area (Å²) in [5.74, 6) is 0.0119. The smallest absolute Gasteiger partial charge is 0.243 e. The molecule has 16 heavy (non-hydrogen) atoms. The van der Waals surface area contributed by atoms with Crippen LogP contribution in [0.1, 0.15) is 17.5 Å². The average Bonchev–Trinajstić information content (AvgIpc) is 2.77. The van der Waals surface area contributed by atoms with E-state index in [4.69, 9.17) is 15.4 Å². The van der Waals surface area contributed by atoms with Gasteiger partial charge in [-0.3, -0.25) is 0 Å². The van der Waals surface area contributed by atoms with Crippen LogP contribution in [0.25, 0.3) is 0 Å². The monoisotopic (exact) mass is 221 g/mol. The van der Waals surface area contributed by atoms with Gasteiger partial charge in [0.1, 0.15) is 0 Å². The molecule has 1 unspecified atom stereocenters. The summed E-state index contributed by atoms with van der Waals surface area (Å²) in [5.41, 5.74) is 6.60. The van der Waals surface area contributed by atoms with Crippen molar-refractivity contribution in [1.82, 2.24) is 10.1 Å². The lowest BCUT2D eigenvalue weighted by atomic mass is 10.1. The SMILES string of the molecule is NC(Cc1ccc(O)c(O)c1)c1ncno1. The Kier molecular flexibility index (Phi) is 2.74. The van der Waals surface area contributed by atoms with Gasteiger partial charge >= 0.3 is 0 Å². The normalized spacial score (nSPS) is 12.6. The predicted molar refractivity (Wildman–Crippen MR) is 54.7 cm³/mol. The number of phenolic OH excluding ortho intramolecular Hbond substituents is 2. The van der Waals surface area contributed by atoms with Crippen LogP contribution in [-0.4, -0.2) is 20.4 Å². The van der Waals surface area contributed by atoms with Gasteiger partial charge in [0.15, 0.2) is 17.8 Å². The van der Waals surface area contributed by atoms with Gasteiger partial charge in [0.05, 0.1) is 6.04 Å². The molecule has 0 aliphatic heterocycles. The van der Waals surface area contributed by atoms with Gasteiger partial charge in [-0.2, -0.15) is 4.98 Å². The molecule has 0 spiro atoms. The number of aromatic hydroxyl groups is 2. The van der Waals surface area contributed by atoms with Crippen LogP contribution < -0.4 is 5.73 Å². The molecular weight excluding hydrogens is 210 g/mol. The highest BCUT2D eigenvalue weighted by atomic mass is 16.5. The van der Waals surface area contributed by atoms with E-state index in [9.17, 15) is 5.11 Å². The second-order valence-electron chi connectivity index (χ2n) is 3.41. The van der Waals surface area contributed by atoms with Gasteiger partial charge in [-0.25, -0.2) is 0 Å². The molecule has 0 saturated carbocycles. The third kappa shape index (κ3) is 2.12. The molecule has 1 heterocycles. The van der Waals surface area contributed by atoms with Crippen LogP contribution >= 0.6 is 0 Å². The van der Waals surface area contributed by atoms with Gasteiger partial charge in [0, 0.05) is 0 Å². The molecule has 0 fully saturated rings. The minimum Gasteiger partial charge on any atom is -0.504 e. The summed E-state index contributed by atoms with van der Waals surface area (Å²) in [6.07, 6.45) is 1.72. The molecule has 0 radical (unpaired) electrons. The van der Waals surface area contributed by atoms with Crippen LogP contribution in [0.3, 0.4) is 0 Å². The first-order valence-corrected chi connectivity index (χ1v) is 4.70. The van der Waals surface area contributed by atoms with Crippen molar-refractivity contribution in [2.75, 3.05) is 0 Å². The molecule has 4 N–H and O–H groups in total. The quantitative estimate of drug-likeness (QED) is 0.659. The number of hydrogen-bond acceptors (Lipinski definition) is 6. The molecule has 1 aromatic heterocycles. The summed E-state index contributed by atoms with van der Waals surface area (Å²) in [6.45, 7) is 0. The standard InChI is InChI=1S/C10H11N3O3/c11-7(10-12-5-13-16-10)3-6-1-2-8(14)9(15)4-6/h1-2,4-5,7,14-15H,3,11H2. The first-order valence-electron chi connectivity index (χ1n) is 4.70. The fraction of sp³-hybridized carbons (Fsp3) is 0.200. The molecule has 1 aromatic carbocycles. The summed E-state index contributed by atoms with van der Waals surface area (Å²) in [4.78, 5) is 3.84. The number of benzene rings is 1. The van der Waals surface area contributed by atoms with Crippen molar-refractivity contribution < 1.29 is 14.7 Å². The Morgan fingerprint density at radius 2 is 2.12 bits per heavy atom. The van der Waals surface area contributed by atoms with E-state index in [1.807, 2.05) is 0 Å². The fourth-order valence-corrected chi connectivity index (χ4v) is 1.38. The maximum atomic E-state index is 9.30. The zero-order chi connectivity index (χ0) is 11.5. The molecule has 0 aliphatic carbocycles. The molecule has 0 saturated heterocycles. The first-order chi connectivity index (χ1) is 7.66. The third-order valence-electron chi connectivity index (χ3n) is 2.19. The van der Waals surface area contributed by atoms with E-state index in [1.54, 1.807) is 6.07 Å². The highest BCUT2D eigenvalue weighted by Crippen LogP contribution is 2.26. The average molecular weight is 221 g/mol. The molecule has 0 aliphatic rings. The Bertz CT molecular complexity index is 470. The number of phenols is 2. The molecule has 2 aromatic rings. The Hall–Kier alpha value is -2.08.